The smallest absolute Gasteiger partial charge is 0.252 e. The molecule has 25 heavy (non-hydrogen) atoms. The number of hydrogen-bond acceptors (Lipinski definition) is 4. The van der Waals surface area contributed by atoms with Gasteiger partial charge in [-0.25, -0.2) is 0 Å². The number of carbonyl (C=O) groups is 2. The standard InChI is InChI=1S/C19H24N4O2/c1-13(2)17(23-18(24)16-7-5-4-6-14(16)3)19(25)20-10-8-15-9-11-21-22-12-15/h4-7,9,11-13,17H,8,10H2,1-3H3,(H,20,25)(H,23,24). The number of carbonyl (C=O) groups excluding carboxylic acids is 2. The number of hydrogen-bond donors (Lipinski definition) is 2. The Morgan fingerprint density at radius 3 is 2.52 bits per heavy atom. The predicted molar refractivity (Wildman–Crippen MR) is 96.0 cm³/mol. The van der Waals surface area contributed by atoms with Crippen LogP contribution in [0.5, 0.6) is 0 Å². The highest BCUT2D eigenvalue weighted by atomic mass is 16.2. The van der Waals surface area contributed by atoms with Gasteiger partial charge in [0.05, 0.1) is 6.20 Å². The number of nitrogens with zero attached hydrogens (tertiary/aromatic N) is 2. The Bertz CT molecular complexity index is 716. The van der Waals surface area contributed by atoms with Crippen LogP contribution in [0.1, 0.15) is 35.3 Å². The molecule has 2 N–H and O–H groups in total. The van der Waals surface area contributed by atoms with E-state index in [1.54, 1.807) is 18.5 Å². The SMILES string of the molecule is Cc1ccccc1C(=O)NC(C(=O)NCCc1ccnnc1)C(C)C. The van der Waals surface area contributed by atoms with Crippen LogP contribution in [0.3, 0.4) is 0 Å². The second kappa shape index (κ2) is 8.92. The number of nitrogens with one attached hydrogen (secondary N) is 2. The van der Waals surface area contributed by atoms with Crippen molar-refractivity contribution in [2.45, 2.75) is 33.2 Å². The summed E-state index contributed by atoms with van der Waals surface area (Å²) in [5.74, 6) is -0.431. The van der Waals surface area contributed by atoms with Gasteiger partial charge in [0.15, 0.2) is 0 Å². The van der Waals surface area contributed by atoms with Crippen LogP contribution < -0.4 is 10.6 Å². The highest BCUT2D eigenvalue weighted by Gasteiger charge is 2.24. The first-order chi connectivity index (χ1) is 12.0. The van der Waals surface area contributed by atoms with Crippen LogP contribution in [0.4, 0.5) is 0 Å². The van der Waals surface area contributed by atoms with E-state index >= 15 is 0 Å². The molecule has 0 spiro atoms. The van der Waals surface area contributed by atoms with E-state index in [2.05, 4.69) is 20.8 Å². The van der Waals surface area contributed by atoms with Crippen LogP contribution in [-0.2, 0) is 11.2 Å². The molecule has 6 nitrogen and oxygen atoms in total. The molecular weight excluding hydrogens is 316 g/mol. The van der Waals surface area contributed by atoms with Crippen molar-refractivity contribution < 1.29 is 9.59 Å². The molecule has 1 aromatic heterocycles. The molecule has 6 heteroatoms. The van der Waals surface area contributed by atoms with Crippen LogP contribution in [0, 0.1) is 12.8 Å². The summed E-state index contributed by atoms with van der Waals surface area (Å²) in [6.07, 6.45) is 3.96. The fraction of sp³-hybridized carbons (Fsp3) is 0.368. The van der Waals surface area contributed by atoms with E-state index in [0.29, 0.717) is 18.5 Å². The lowest BCUT2D eigenvalue weighted by Gasteiger charge is -2.22. The maximum Gasteiger partial charge on any atom is 0.252 e. The second-order valence-corrected chi connectivity index (χ2v) is 6.30. The molecule has 0 aliphatic heterocycles. The number of aromatic nitrogens is 2. The minimum atomic E-state index is -0.581. The Kier molecular flexibility index (Phi) is 6.62. The van der Waals surface area contributed by atoms with E-state index in [0.717, 1.165) is 11.1 Å². The van der Waals surface area contributed by atoms with Crippen LogP contribution >= 0.6 is 0 Å². The third-order valence-electron chi connectivity index (χ3n) is 3.98. The fourth-order valence-electron chi connectivity index (χ4n) is 2.49. The zero-order chi connectivity index (χ0) is 18.2. The summed E-state index contributed by atoms with van der Waals surface area (Å²) in [5.41, 5.74) is 2.47. The van der Waals surface area contributed by atoms with Crippen molar-refractivity contribution >= 4 is 11.8 Å². The van der Waals surface area contributed by atoms with E-state index in [1.165, 1.54) is 0 Å². The molecule has 0 radical (unpaired) electrons. The van der Waals surface area contributed by atoms with Gasteiger partial charge in [-0.1, -0.05) is 32.0 Å². The highest BCUT2D eigenvalue weighted by Crippen LogP contribution is 2.09. The maximum atomic E-state index is 12.5. The Morgan fingerprint density at radius 1 is 1.12 bits per heavy atom. The third-order valence-corrected chi connectivity index (χ3v) is 3.98. The van der Waals surface area contributed by atoms with E-state index in [9.17, 15) is 9.59 Å². The van der Waals surface area contributed by atoms with Gasteiger partial charge in [-0.2, -0.15) is 10.2 Å². The van der Waals surface area contributed by atoms with Gasteiger partial charge < -0.3 is 10.6 Å². The largest absolute Gasteiger partial charge is 0.354 e. The first kappa shape index (κ1) is 18.6. The highest BCUT2D eigenvalue weighted by molar-refractivity contribution is 5.98. The van der Waals surface area contributed by atoms with Crippen molar-refractivity contribution in [2.24, 2.45) is 5.92 Å². The summed E-state index contributed by atoms with van der Waals surface area (Å²) in [4.78, 5) is 24.9. The van der Waals surface area contributed by atoms with E-state index < -0.39 is 6.04 Å². The molecule has 2 aromatic rings. The fourth-order valence-corrected chi connectivity index (χ4v) is 2.49. The molecule has 0 saturated carbocycles. The maximum absolute atomic E-state index is 12.5. The Labute approximate surface area is 148 Å². The number of rotatable bonds is 7. The van der Waals surface area contributed by atoms with Gasteiger partial charge in [0.2, 0.25) is 5.91 Å². The summed E-state index contributed by atoms with van der Waals surface area (Å²) >= 11 is 0. The second-order valence-electron chi connectivity index (χ2n) is 6.30. The van der Waals surface area contributed by atoms with Gasteiger partial charge in [0.25, 0.3) is 5.91 Å². The van der Waals surface area contributed by atoms with E-state index in [-0.39, 0.29) is 17.7 Å². The molecule has 0 aliphatic rings. The van der Waals surface area contributed by atoms with Gasteiger partial charge in [-0.15, -0.1) is 0 Å². The quantitative estimate of drug-likeness (QED) is 0.806. The van der Waals surface area contributed by atoms with Gasteiger partial charge in [0.1, 0.15) is 6.04 Å². The number of aryl methyl sites for hydroxylation is 1. The molecule has 1 unspecified atom stereocenters. The molecule has 1 atom stereocenters. The summed E-state index contributed by atoms with van der Waals surface area (Å²) in [5, 5.41) is 13.3. The number of benzene rings is 1. The van der Waals surface area contributed by atoms with Crippen molar-refractivity contribution in [3.63, 3.8) is 0 Å². The molecule has 0 fully saturated rings. The lowest BCUT2D eigenvalue weighted by atomic mass is 10.0. The third kappa shape index (κ3) is 5.38. The van der Waals surface area contributed by atoms with Crippen LogP contribution in [0.25, 0.3) is 0 Å². The van der Waals surface area contributed by atoms with Gasteiger partial charge in [0, 0.05) is 18.3 Å². The summed E-state index contributed by atoms with van der Waals surface area (Å²) in [7, 11) is 0. The molecular formula is C19H24N4O2. The monoisotopic (exact) mass is 340 g/mol. The van der Waals surface area contributed by atoms with Gasteiger partial charge in [-0.3, -0.25) is 9.59 Å². The average molecular weight is 340 g/mol. The predicted octanol–water partition coefficient (Wildman–Crippen LogP) is 1.90. The van der Waals surface area contributed by atoms with Crippen LogP contribution in [-0.4, -0.2) is 34.6 Å². The van der Waals surface area contributed by atoms with Crippen molar-refractivity contribution in [3.05, 3.63) is 59.4 Å². The molecule has 1 aromatic carbocycles. The van der Waals surface area contributed by atoms with Gasteiger partial charge >= 0.3 is 0 Å². The lowest BCUT2D eigenvalue weighted by molar-refractivity contribution is -0.123. The Hall–Kier alpha value is -2.76. The van der Waals surface area contributed by atoms with E-state index in [1.807, 2.05) is 45.0 Å². The lowest BCUT2D eigenvalue weighted by Crippen LogP contribution is -2.50. The molecule has 2 amide bonds. The summed E-state index contributed by atoms with van der Waals surface area (Å²) < 4.78 is 0. The minimum Gasteiger partial charge on any atom is -0.354 e. The molecule has 2 rings (SSSR count). The zero-order valence-electron chi connectivity index (χ0n) is 14.8. The first-order valence-corrected chi connectivity index (χ1v) is 8.39. The van der Waals surface area contributed by atoms with Gasteiger partial charge in [-0.05, 0) is 42.5 Å². The molecule has 132 valence electrons. The summed E-state index contributed by atoms with van der Waals surface area (Å²) in [6.45, 7) is 6.18. The minimum absolute atomic E-state index is 0.0180. The molecule has 0 aliphatic carbocycles. The topological polar surface area (TPSA) is 84.0 Å². The first-order valence-electron chi connectivity index (χ1n) is 8.39. The zero-order valence-corrected chi connectivity index (χ0v) is 14.8. The molecule has 0 saturated heterocycles. The van der Waals surface area contributed by atoms with Crippen LogP contribution in [0.2, 0.25) is 0 Å². The van der Waals surface area contributed by atoms with Crippen molar-refractivity contribution in [1.29, 1.82) is 0 Å². The number of amides is 2. The van der Waals surface area contributed by atoms with Crippen molar-refractivity contribution in [2.75, 3.05) is 6.54 Å². The molecule has 0 bridgehead atoms. The summed E-state index contributed by atoms with van der Waals surface area (Å²) in [6, 6.07) is 8.61. The van der Waals surface area contributed by atoms with Crippen LogP contribution in [0.15, 0.2) is 42.7 Å². The average Bonchev–Trinajstić information content (AvgIpc) is 2.60. The van der Waals surface area contributed by atoms with Crippen molar-refractivity contribution in [3.8, 4) is 0 Å². The Morgan fingerprint density at radius 2 is 1.88 bits per heavy atom. The molecule has 1 heterocycles. The van der Waals surface area contributed by atoms with E-state index in [4.69, 9.17) is 0 Å². The van der Waals surface area contributed by atoms with Crippen molar-refractivity contribution in [1.82, 2.24) is 20.8 Å². The Balaban J connectivity index is 1.94. The normalized spacial score (nSPS) is 11.8.